The molecule has 106 valence electrons. The smallest absolute Gasteiger partial charge is 0.137 e. The van der Waals surface area contributed by atoms with Gasteiger partial charge in [-0.1, -0.05) is 36.4 Å². The fourth-order valence-electron chi connectivity index (χ4n) is 3.68. The third-order valence-electron chi connectivity index (χ3n) is 4.59. The molecule has 0 saturated carbocycles. The molecular weight excluding hydrogens is 270 g/mol. The van der Waals surface area contributed by atoms with Gasteiger partial charge in [0.25, 0.3) is 0 Å². The Hall–Kier alpha value is -2.74. The molecule has 0 bridgehead atoms. The van der Waals surface area contributed by atoms with Gasteiger partial charge in [0.1, 0.15) is 11.2 Å². The summed E-state index contributed by atoms with van der Waals surface area (Å²) in [5.41, 5.74) is 4.49. The van der Waals surface area contributed by atoms with Crippen LogP contribution in [0, 0.1) is 0 Å². The second-order valence-corrected chi connectivity index (χ2v) is 5.69. The predicted molar refractivity (Wildman–Crippen MR) is 92.4 cm³/mol. The van der Waals surface area contributed by atoms with Crippen molar-refractivity contribution in [3.63, 3.8) is 0 Å². The van der Waals surface area contributed by atoms with Crippen molar-refractivity contribution < 1.29 is 4.42 Å². The summed E-state index contributed by atoms with van der Waals surface area (Å²) in [5, 5.41) is 5.04. The number of rotatable bonds is 1. The molecule has 0 spiro atoms. The molecule has 5 aromatic rings. The summed E-state index contributed by atoms with van der Waals surface area (Å²) in [5.74, 6) is 0. The van der Waals surface area contributed by atoms with Gasteiger partial charge in [0.2, 0.25) is 0 Å². The van der Waals surface area contributed by atoms with Crippen LogP contribution >= 0.6 is 0 Å². The van der Waals surface area contributed by atoms with Crippen LogP contribution in [0.4, 0.5) is 0 Å². The Morgan fingerprint density at radius 1 is 0.773 bits per heavy atom. The number of para-hydroxylation sites is 2. The minimum atomic E-state index is 0.947. The highest BCUT2D eigenvalue weighted by Crippen LogP contribution is 2.38. The van der Waals surface area contributed by atoms with E-state index >= 15 is 0 Å². The zero-order chi connectivity index (χ0) is 14.7. The summed E-state index contributed by atoms with van der Waals surface area (Å²) >= 11 is 0. The molecule has 0 aliphatic rings. The van der Waals surface area contributed by atoms with Crippen LogP contribution in [-0.2, 0) is 6.54 Å². The fourth-order valence-corrected chi connectivity index (χ4v) is 3.68. The summed E-state index contributed by atoms with van der Waals surface area (Å²) in [6.07, 6.45) is 0. The lowest BCUT2D eigenvalue weighted by Gasteiger charge is -2.03. The highest BCUT2D eigenvalue weighted by molar-refractivity contribution is 6.23. The van der Waals surface area contributed by atoms with Crippen LogP contribution in [0.5, 0.6) is 0 Å². The van der Waals surface area contributed by atoms with Crippen LogP contribution < -0.4 is 0 Å². The maximum absolute atomic E-state index is 6.04. The molecule has 0 N–H and O–H groups in total. The van der Waals surface area contributed by atoms with Crippen LogP contribution in [0.15, 0.2) is 65.1 Å². The Balaban J connectivity index is 2.17. The molecule has 0 atom stereocenters. The number of aromatic nitrogens is 1. The van der Waals surface area contributed by atoms with Gasteiger partial charge < -0.3 is 8.98 Å². The van der Waals surface area contributed by atoms with Crippen molar-refractivity contribution >= 4 is 43.7 Å². The summed E-state index contributed by atoms with van der Waals surface area (Å²) < 4.78 is 8.44. The van der Waals surface area contributed by atoms with E-state index in [9.17, 15) is 0 Å². The van der Waals surface area contributed by atoms with Crippen LogP contribution in [0.3, 0.4) is 0 Å². The standard InChI is InChI=1S/C20H15NO/c1-2-21-16-9-5-3-7-13(16)14-11-12-18-19(20(14)21)15-8-4-6-10-17(15)22-18/h3-12H,2H2,1H3. The third kappa shape index (κ3) is 1.34. The average molecular weight is 285 g/mol. The molecule has 22 heavy (non-hydrogen) atoms. The van der Waals surface area contributed by atoms with Gasteiger partial charge >= 0.3 is 0 Å². The molecule has 2 nitrogen and oxygen atoms in total. The molecule has 0 aliphatic heterocycles. The molecule has 0 radical (unpaired) electrons. The van der Waals surface area contributed by atoms with Crippen molar-refractivity contribution in [1.82, 2.24) is 4.57 Å². The van der Waals surface area contributed by atoms with Crippen LogP contribution in [0.25, 0.3) is 43.7 Å². The van der Waals surface area contributed by atoms with Gasteiger partial charge in [0.15, 0.2) is 0 Å². The second kappa shape index (κ2) is 4.14. The number of fused-ring (bicyclic) bond motifs is 7. The molecule has 0 amide bonds. The number of hydrogen-bond acceptors (Lipinski definition) is 1. The van der Waals surface area contributed by atoms with Crippen LogP contribution in [0.1, 0.15) is 6.92 Å². The first-order valence-electron chi connectivity index (χ1n) is 7.69. The van der Waals surface area contributed by atoms with Crippen molar-refractivity contribution in [2.24, 2.45) is 0 Å². The van der Waals surface area contributed by atoms with E-state index in [2.05, 4.69) is 60.0 Å². The van der Waals surface area contributed by atoms with Gasteiger partial charge in [0, 0.05) is 28.2 Å². The molecule has 2 aromatic heterocycles. The van der Waals surface area contributed by atoms with E-state index in [0.717, 1.165) is 17.7 Å². The largest absolute Gasteiger partial charge is 0.456 e. The third-order valence-corrected chi connectivity index (χ3v) is 4.59. The monoisotopic (exact) mass is 285 g/mol. The summed E-state index contributed by atoms with van der Waals surface area (Å²) in [7, 11) is 0. The van der Waals surface area contributed by atoms with E-state index in [0.29, 0.717) is 0 Å². The zero-order valence-electron chi connectivity index (χ0n) is 12.3. The van der Waals surface area contributed by atoms with Crippen molar-refractivity contribution in [2.45, 2.75) is 13.5 Å². The van der Waals surface area contributed by atoms with Gasteiger partial charge in [-0.15, -0.1) is 0 Å². The predicted octanol–water partition coefficient (Wildman–Crippen LogP) is 5.71. The van der Waals surface area contributed by atoms with E-state index in [1.54, 1.807) is 0 Å². The van der Waals surface area contributed by atoms with E-state index in [-0.39, 0.29) is 0 Å². The lowest BCUT2D eigenvalue weighted by molar-refractivity contribution is 0.669. The van der Waals surface area contributed by atoms with Gasteiger partial charge in [0.05, 0.1) is 10.9 Å². The van der Waals surface area contributed by atoms with Crippen molar-refractivity contribution in [2.75, 3.05) is 0 Å². The van der Waals surface area contributed by atoms with Crippen LogP contribution in [0.2, 0.25) is 0 Å². The summed E-state index contributed by atoms with van der Waals surface area (Å²) in [4.78, 5) is 0. The number of furan rings is 1. The number of hydrogen-bond donors (Lipinski definition) is 0. The minimum absolute atomic E-state index is 0.947. The lowest BCUT2D eigenvalue weighted by Crippen LogP contribution is -1.93. The van der Waals surface area contributed by atoms with E-state index in [1.807, 2.05) is 12.1 Å². The molecule has 0 fully saturated rings. The number of benzene rings is 3. The first-order chi connectivity index (χ1) is 10.9. The van der Waals surface area contributed by atoms with Crippen molar-refractivity contribution in [3.05, 3.63) is 60.7 Å². The van der Waals surface area contributed by atoms with Crippen molar-refractivity contribution in [1.29, 1.82) is 0 Å². The SMILES string of the molecule is CCn1c2ccccc2c2ccc3oc4ccccc4c3c21. The minimum Gasteiger partial charge on any atom is -0.456 e. The topological polar surface area (TPSA) is 18.1 Å². The first-order valence-corrected chi connectivity index (χ1v) is 7.69. The lowest BCUT2D eigenvalue weighted by atomic mass is 10.1. The Morgan fingerprint density at radius 2 is 1.55 bits per heavy atom. The highest BCUT2D eigenvalue weighted by atomic mass is 16.3. The van der Waals surface area contributed by atoms with Crippen molar-refractivity contribution in [3.8, 4) is 0 Å². The summed E-state index contributed by atoms with van der Waals surface area (Å²) in [6, 6.07) is 21.2. The zero-order valence-corrected chi connectivity index (χ0v) is 12.3. The number of aryl methyl sites for hydroxylation is 1. The van der Waals surface area contributed by atoms with Gasteiger partial charge in [-0.2, -0.15) is 0 Å². The fraction of sp³-hybridized carbons (Fsp3) is 0.100. The Labute approximate surface area is 127 Å². The van der Waals surface area contributed by atoms with Crippen LogP contribution in [-0.4, -0.2) is 4.57 Å². The normalized spacial score (nSPS) is 12.0. The molecule has 0 aliphatic carbocycles. The maximum Gasteiger partial charge on any atom is 0.137 e. The first kappa shape index (κ1) is 11.9. The Kier molecular flexibility index (Phi) is 2.23. The molecule has 0 saturated heterocycles. The molecule has 5 rings (SSSR count). The molecule has 2 heteroatoms. The number of nitrogens with zero attached hydrogens (tertiary/aromatic N) is 1. The van der Waals surface area contributed by atoms with Gasteiger partial charge in [-0.3, -0.25) is 0 Å². The quantitative estimate of drug-likeness (QED) is 0.385. The summed E-state index contributed by atoms with van der Waals surface area (Å²) in [6.45, 7) is 3.15. The maximum atomic E-state index is 6.04. The van der Waals surface area contributed by atoms with Gasteiger partial charge in [-0.05, 0) is 31.2 Å². The Morgan fingerprint density at radius 3 is 2.41 bits per heavy atom. The highest BCUT2D eigenvalue weighted by Gasteiger charge is 2.16. The average Bonchev–Trinajstić information content (AvgIpc) is 3.09. The van der Waals surface area contributed by atoms with Gasteiger partial charge in [-0.25, -0.2) is 0 Å². The second-order valence-electron chi connectivity index (χ2n) is 5.69. The van der Waals surface area contributed by atoms with E-state index in [1.165, 1.54) is 32.6 Å². The Bertz CT molecular complexity index is 1160. The molecule has 2 heterocycles. The molecule has 3 aromatic carbocycles. The molecular formula is C20H15NO. The van der Waals surface area contributed by atoms with E-state index in [4.69, 9.17) is 4.42 Å². The van der Waals surface area contributed by atoms with E-state index < -0.39 is 0 Å². The molecule has 0 unspecified atom stereocenters.